The molecule has 1 N–H and O–H groups in total. The largest absolute Gasteiger partial charge is 0.479 e. The smallest absolute Gasteiger partial charge is 0.267 e. The van der Waals surface area contributed by atoms with Gasteiger partial charge in [0.25, 0.3) is 11.8 Å². The van der Waals surface area contributed by atoms with E-state index in [0.717, 1.165) is 25.7 Å². The number of halogens is 1. The molecule has 2 saturated carbocycles. The third-order valence-corrected chi connectivity index (χ3v) is 5.42. The van der Waals surface area contributed by atoms with Crippen molar-refractivity contribution >= 4 is 11.7 Å². The van der Waals surface area contributed by atoms with E-state index >= 15 is 0 Å². The van der Waals surface area contributed by atoms with Crippen molar-refractivity contribution in [2.75, 3.05) is 0 Å². The number of carbonyl (C=O) groups excluding carboxylic acids is 2. The average Bonchev–Trinajstić information content (AvgIpc) is 3.72. The Hall–Kier alpha value is -3.62. The molecule has 3 aromatic rings. The second-order valence-electron chi connectivity index (χ2n) is 8.18. The summed E-state index contributed by atoms with van der Waals surface area (Å²) >= 11 is 0. The van der Waals surface area contributed by atoms with Crippen molar-refractivity contribution in [1.82, 2.24) is 20.4 Å². The van der Waals surface area contributed by atoms with E-state index in [4.69, 9.17) is 9.26 Å². The Kier molecular flexibility index (Phi) is 5.16. The molecular weight excluding hydrogens is 415 g/mol. The highest BCUT2D eigenvalue weighted by Gasteiger charge is 2.31. The van der Waals surface area contributed by atoms with E-state index in [-0.39, 0.29) is 35.0 Å². The molecule has 0 aliphatic heterocycles. The van der Waals surface area contributed by atoms with E-state index in [1.54, 1.807) is 25.1 Å². The molecule has 2 aliphatic rings. The number of carbonyl (C=O) groups is 2. The summed E-state index contributed by atoms with van der Waals surface area (Å²) in [6.07, 6.45) is 4.61. The van der Waals surface area contributed by atoms with E-state index < -0.39 is 17.8 Å². The molecule has 5 rings (SSSR count). The first-order valence-electron chi connectivity index (χ1n) is 10.6. The van der Waals surface area contributed by atoms with E-state index in [1.807, 2.05) is 0 Å². The maximum absolute atomic E-state index is 14.5. The van der Waals surface area contributed by atoms with Crippen molar-refractivity contribution in [3.8, 4) is 17.1 Å². The van der Waals surface area contributed by atoms with Crippen molar-refractivity contribution in [2.24, 2.45) is 5.92 Å². The summed E-state index contributed by atoms with van der Waals surface area (Å²) in [6.45, 7) is 1.73. The lowest BCUT2D eigenvalue weighted by Crippen LogP contribution is -2.26. The molecule has 2 heterocycles. The lowest BCUT2D eigenvalue weighted by Gasteiger charge is -2.10. The molecule has 32 heavy (non-hydrogen) atoms. The highest BCUT2D eigenvalue weighted by atomic mass is 19.1. The number of ether oxygens (including phenoxy) is 1. The zero-order chi connectivity index (χ0) is 22.2. The van der Waals surface area contributed by atoms with Crippen LogP contribution in [-0.2, 0) is 0 Å². The second-order valence-corrected chi connectivity index (χ2v) is 8.18. The standard InChI is InChI=1S/C23H21FN4O4/c1-12(31-16-7-9-19(25-11-16)20(29)13-2-3-13)23-27-21(28-32-23)14-4-8-17(18(24)10-14)22(30)26-15-5-6-15/h4,7-13,15H,2-3,5-6H2,1H3,(H,26,30)/t12-/m1/s1. The quantitative estimate of drug-likeness (QED) is 0.534. The van der Waals surface area contributed by atoms with Crippen LogP contribution in [0.5, 0.6) is 5.75 Å². The third-order valence-electron chi connectivity index (χ3n) is 5.42. The van der Waals surface area contributed by atoms with Crippen LogP contribution in [0, 0.1) is 11.7 Å². The van der Waals surface area contributed by atoms with Crippen LogP contribution in [0.25, 0.3) is 11.4 Å². The molecular formula is C23H21FN4O4. The Balaban J connectivity index is 1.25. The van der Waals surface area contributed by atoms with Gasteiger partial charge < -0.3 is 14.6 Å². The average molecular weight is 436 g/mol. The molecule has 9 heteroatoms. The zero-order valence-electron chi connectivity index (χ0n) is 17.4. The lowest BCUT2D eigenvalue weighted by atomic mass is 10.1. The number of hydrogen-bond donors (Lipinski definition) is 1. The summed E-state index contributed by atoms with van der Waals surface area (Å²) in [5.74, 6) is -0.0530. The van der Waals surface area contributed by atoms with Gasteiger partial charge in [-0.25, -0.2) is 9.37 Å². The number of Topliss-reactive ketones (excluding diaryl/α,β-unsaturated/α-hetero) is 1. The van der Waals surface area contributed by atoms with Gasteiger partial charge in [-0.3, -0.25) is 9.59 Å². The Morgan fingerprint density at radius 3 is 2.66 bits per heavy atom. The zero-order valence-corrected chi connectivity index (χ0v) is 17.4. The molecule has 2 aromatic heterocycles. The minimum absolute atomic E-state index is 0.0165. The first kappa shape index (κ1) is 20.3. The van der Waals surface area contributed by atoms with Crippen molar-refractivity contribution < 1.29 is 23.2 Å². The summed E-state index contributed by atoms with van der Waals surface area (Å²) in [5.41, 5.74) is 0.804. The van der Waals surface area contributed by atoms with Crippen LogP contribution in [0.15, 0.2) is 41.1 Å². The van der Waals surface area contributed by atoms with Crippen LogP contribution in [-0.4, -0.2) is 32.9 Å². The van der Waals surface area contributed by atoms with E-state index in [1.165, 1.54) is 18.3 Å². The van der Waals surface area contributed by atoms with E-state index in [9.17, 15) is 14.0 Å². The van der Waals surface area contributed by atoms with E-state index in [2.05, 4.69) is 20.4 Å². The highest BCUT2D eigenvalue weighted by molar-refractivity contribution is 5.97. The maximum atomic E-state index is 14.5. The first-order chi connectivity index (χ1) is 15.5. The maximum Gasteiger partial charge on any atom is 0.267 e. The minimum Gasteiger partial charge on any atom is -0.479 e. The number of hydrogen-bond acceptors (Lipinski definition) is 7. The van der Waals surface area contributed by atoms with Gasteiger partial charge in [0, 0.05) is 17.5 Å². The number of nitrogens with zero attached hydrogens (tertiary/aromatic N) is 3. The molecule has 0 bridgehead atoms. The third kappa shape index (κ3) is 4.37. The molecule has 1 aromatic carbocycles. The number of rotatable bonds is 8. The Morgan fingerprint density at radius 2 is 2.00 bits per heavy atom. The predicted octanol–water partition coefficient (Wildman–Crippen LogP) is 3.90. The summed E-state index contributed by atoms with van der Waals surface area (Å²) in [6, 6.07) is 7.66. The normalized spacial score (nSPS) is 16.4. The van der Waals surface area contributed by atoms with Crippen molar-refractivity contribution in [2.45, 2.75) is 44.8 Å². The summed E-state index contributed by atoms with van der Waals surface area (Å²) in [7, 11) is 0. The highest BCUT2D eigenvalue weighted by Crippen LogP contribution is 2.32. The molecule has 2 fully saturated rings. The van der Waals surface area contributed by atoms with Crippen molar-refractivity contribution in [3.05, 3.63) is 59.5 Å². The number of pyridine rings is 1. The molecule has 0 unspecified atom stereocenters. The topological polar surface area (TPSA) is 107 Å². The molecule has 0 saturated heterocycles. The molecule has 8 nitrogen and oxygen atoms in total. The number of amides is 1. The molecule has 1 atom stereocenters. The minimum atomic E-state index is -0.650. The van der Waals surface area contributed by atoms with Crippen molar-refractivity contribution in [1.29, 1.82) is 0 Å². The number of benzene rings is 1. The predicted molar refractivity (Wildman–Crippen MR) is 111 cm³/mol. The summed E-state index contributed by atoms with van der Waals surface area (Å²) < 4.78 is 25.5. The van der Waals surface area contributed by atoms with Crippen LogP contribution in [0.3, 0.4) is 0 Å². The van der Waals surface area contributed by atoms with Crippen molar-refractivity contribution in [3.63, 3.8) is 0 Å². The van der Waals surface area contributed by atoms with Gasteiger partial charge in [0.1, 0.15) is 17.3 Å². The van der Waals surface area contributed by atoms with Crippen LogP contribution in [0.1, 0.15) is 65.4 Å². The van der Waals surface area contributed by atoms with Gasteiger partial charge >= 0.3 is 0 Å². The van der Waals surface area contributed by atoms with Gasteiger partial charge in [0.15, 0.2) is 11.9 Å². The summed E-state index contributed by atoms with van der Waals surface area (Å²) in [5, 5.41) is 6.65. The molecule has 2 aliphatic carbocycles. The Bertz CT molecular complexity index is 1170. The number of ketones is 1. The van der Waals surface area contributed by atoms with E-state index in [0.29, 0.717) is 17.0 Å². The second kappa shape index (κ2) is 8.14. The van der Waals surface area contributed by atoms with Gasteiger partial charge in [-0.05, 0) is 56.9 Å². The first-order valence-corrected chi connectivity index (χ1v) is 10.6. The molecule has 0 radical (unpaired) electrons. The monoisotopic (exact) mass is 436 g/mol. The van der Waals surface area contributed by atoms with Gasteiger partial charge in [-0.2, -0.15) is 4.98 Å². The van der Waals surface area contributed by atoms with Gasteiger partial charge in [-0.15, -0.1) is 0 Å². The van der Waals surface area contributed by atoms with Gasteiger partial charge in [-0.1, -0.05) is 11.2 Å². The van der Waals surface area contributed by atoms with Crippen LogP contribution in [0.4, 0.5) is 4.39 Å². The van der Waals surface area contributed by atoms with Crippen LogP contribution < -0.4 is 10.1 Å². The Labute approximate surface area is 183 Å². The van der Waals surface area contributed by atoms with Crippen LogP contribution >= 0.6 is 0 Å². The summed E-state index contributed by atoms with van der Waals surface area (Å²) in [4.78, 5) is 32.6. The van der Waals surface area contributed by atoms with Gasteiger partial charge in [0.05, 0.1) is 11.8 Å². The van der Waals surface area contributed by atoms with Gasteiger partial charge in [0.2, 0.25) is 5.82 Å². The number of aromatic nitrogens is 3. The molecule has 1 amide bonds. The fraction of sp³-hybridized carbons (Fsp3) is 0.348. The molecule has 0 spiro atoms. The SMILES string of the molecule is C[C@@H](Oc1ccc(C(=O)C2CC2)nc1)c1nc(-c2ccc(C(=O)NC3CC3)c(F)c2)no1. The fourth-order valence-electron chi connectivity index (χ4n) is 3.25. The fourth-order valence-corrected chi connectivity index (χ4v) is 3.25. The van der Waals surface area contributed by atoms with Crippen LogP contribution in [0.2, 0.25) is 0 Å². The Morgan fingerprint density at radius 1 is 1.19 bits per heavy atom. The molecule has 164 valence electrons. The lowest BCUT2D eigenvalue weighted by molar-refractivity contribution is 0.0943. The number of nitrogens with one attached hydrogen (secondary N) is 1.